The first-order valence-electron chi connectivity index (χ1n) is 6.70. The molecule has 0 spiro atoms. The normalized spacial score (nSPS) is 17.9. The third-order valence-corrected chi connectivity index (χ3v) is 5.35. The Morgan fingerprint density at radius 1 is 1.45 bits per heavy atom. The molecule has 0 unspecified atom stereocenters. The molecule has 2 heterocycles. The average Bonchev–Trinajstić information content (AvgIpc) is 2.54. The van der Waals surface area contributed by atoms with E-state index in [2.05, 4.69) is 26.7 Å². The number of thioether (sulfide) groups is 1. The van der Waals surface area contributed by atoms with Gasteiger partial charge in [-0.3, -0.25) is 4.79 Å². The Morgan fingerprint density at radius 2 is 2.15 bits per heavy atom. The van der Waals surface area contributed by atoms with Gasteiger partial charge in [-0.1, -0.05) is 0 Å². The van der Waals surface area contributed by atoms with Gasteiger partial charge in [-0.15, -0.1) is 10.2 Å². The smallest absolute Gasteiger partial charge is 0.271 e. The van der Waals surface area contributed by atoms with E-state index in [4.69, 9.17) is 5.73 Å². The van der Waals surface area contributed by atoms with E-state index in [1.807, 2.05) is 17.8 Å². The van der Waals surface area contributed by atoms with Crippen LogP contribution in [0.1, 0.15) is 23.3 Å². The zero-order valence-corrected chi connectivity index (χ0v) is 12.7. The summed E-state index contributed by atoms with van der Waals surface area (Å²) in [5.74, 6) is 0.608. The molecule has 1 aliphatic heterocycles. The third kappa shape index (κ3) is 3.04. The summed E-state index contributed by atoms with van der Waals surface area (Å²) in [7, 11) is 1.58. The number of hydrogen-bond acceptors (Lipinski definition) is 6. The van der Waals surface area contributed by atoms with Crippen molar-refractivity contribution in [3.05, 3.63) is 17.8 Å². The molecule has 1 fully saturated rings. The minimum Gasteiger partial charge on any atom is -0.355 e. The zero-order valence-electron chi connectivity index (χ0n) is 11.9. The van der Waals surface area contributed by atoms with Crippen LogP contribution in [-0.4, -0.2) is 53.8 Å². The van der Waals surface area contributed by atoms with Gasteiger partial charge in [0.05, 0.1) is 0 Å². The van der Waals surface area contributed by atoms with Crippen molar-refractivity contribution < 1.29 is 4.79 Å². The molecular weight excluding hydrogens is 274 g/mol. The number of carbonyl (C=O) groups is 1. The standard InChI is InChI=1S/C13H21N5OS/c1-15-12(19)10-3-4-11(17-16-10)18-7-5-13(9-14,20-2)6-8-18/h3-4H,5-9,14H2,1-2H3,(H,15,19). The molecule has 0 bridgehead atoms. The van der Waals surface area contributed by atoms with E-state index in [1.165, 1.54) is 0 Å². The Morgan fingerprint density at radius 3 is 2.60 bits per heavy atom. The Balaban J connectivity index is 2.02. The summed E-state index contributed by atoms with van der Waals surface area (Å²) in [6.45, 7) is 2.56. The van der Waals surface area contributed by atoms with Gasteiger partial charge < -0.3 is 16.0 Å². The van der Waals surface area contributed by atoms with Crippen LogP contribution in [0.4, 0.5) is 5.82 Å². The fraction of sp³-hybridized carbons (Fsp3) is 0.615. The number of nitrogens with zero attached hydrogens (tertiary/aromatic N) is 3. The minimum absolute atomic E-state index is 0.200. The van der Waals surface area contributed by atoms with E-state index in [-0.39, 0.29) is 10.7 Å². The number of hydrogen-bond donors (Lipinski definition) is 2. The molecule has 1 saturated heterocycles. The number of piperidine rings is 1. The lowest BCUT2D eigenvalue weighted by atomic mass is 9.96. The summed E-state index contributed by atoms with van der Waals surface area (Å²) in [5.41, 5.74) is 6.23. The van der Waals surface area contributed by atoms with Gasteiger partial charge in [-0.2, -0.15) is 11.8 Å². The lowest BCUT2D eigenvalue weighted by Crippen LogP contribution is -2.46. The molecule has 7 heteroatoms. The summed E-state index contributed by atoms with van der Waals surface area (Å²) in [6.07, 6.45) is 4.22. The quantitative estimate of drug-likeness (QED) is 0.841. The van der Waals surface area contributed by atoms with Crippen molar-refractivity contribution >= 4 is 23.5 Å². The van der Waals surface area contributed by atoms with Crippen LogP contribution in [0.5, 0.6) is 0 Å². The molecule has 2 rings (SSSR count). The van der Waals surface area contributed by atoms with E-state index in [1.54, 1.807) is 13.1 Å². The van der Waals surface area contributed by atoms with Crippen molar-refractivity contribution in [2.45, 2.75) is 17.6 Å². The number of rotatable bonds is 4. The number of amides is 1. The predicted octanol–water partition coefficient (Wildman–Crippen LogP) is 0.497. The average molecular weight is 295 g/mol. The highest BCUT2D eigenvalue weighted by atomic mass is 32.2. The van der Waals surface area contributed by atoms with Crippen LogP contribution in [0.3, 0.4) is 0 Å². The van der Waals surface area contributed by atoms with Crippen LogP contribution in [0.25, 0.3) is 0 Å². The van der Waals surface area contributed by atoms with Crippen molar-refractivity contribution in [3.63, 3.8) is 0 Å². The first-order chi connectivity index (χ1) is 9.64. The van der Waals surface area contributed by atoms with Gasteiger partial charge in [0.15, 0.2) is 11.5 Å². The second kappa shape index (κ2) is 6.41. The van der Waals surface area contributed by atoms with Gasteiger partial charge in [-0.05, 0) is 31.2 Å². The zero-order chi connectivity index (χ0) is 14.6. The molecule has 0 aliphatic carbocycles. The molecule has 1 aromatic rings. The summed E-state index contributed by atoms with van der Waals surface area (Å²) >= 11 is 1.86. The fourth-order valence-corrected chi connectivity index (χ4v) is 3.14. The summed E-state index contributed by atoms with van der Waals surface area (Å²) in [4.78, 5) is 13.6. The molecule has 0 atom stereocenters. The van der Waals surface area contributed by atoms with E-state index in [9.17, 15) is 4.79 Å². The number of carbonyl (C=O) groups excluding carboxylic acids is 1. The van der Waals surface area contributed by atoms with Crippen molar-refractivity contribution in [3.8, 4) is 0 Å². The first-order valence-corrected chi connectivity index (χ1v) is 7.92. The Hall–Kier alpha value is -1.34. The van der Waals surface area contributed by atoms with Gasteiger partial charge in [-0.25, -0.2) is 0 Å². The van der Waals surface area contributed by atoms with Crippen LogP contribution in [0, 0.1) is 0 Å². The molecule has 20 heavy (non-hydrogen) atoms. The Labute approximate surface area is 123 Å². The summed E-state index contributed by atoms with van der Waals surface area (Å²) < 4.78 is 0.200. The van der Waals surface area contributed by atoms with Crippen LogP contribution in [0.15, 0.2) is 12.1 Å². The summed E-state index contributed by atoms with van der Waals surface area (Å²) in [6, 6.07) is 3.56. The molecule has 6 nitrogen and oxygen atoms in total. The SMILES string of the molecule is CNC(=O)c1ccc(N2CCC(CN)(SC)CC2)nn1. The highest BCUT2D eigenvalue weighted by Gasteiger charge is 2.33. The van der Waals surface area contributed by atoms with Gasteiger partial charge in [0.25, 0.3) is 5.91 Å². The number of nitrogens with two attached hydrogens (primary N) is 1. The Kier molecular flexibility index (Phi) is 4.82. The van der Waals surface area contributed by atoms with Crippen molar-refractivity contribution in [2.75, 3.05) is 37.8 Å². The second-order valence-electron chi connectivity index (χ2n) is 4.93. The predicted molar refractivity (Wildman–Crippen MR) is 82.2 cm³/mol. The molecule has 0 aromatic carbocycles. The number of nitrogens with one attached hydrogen (secondary N) is 1. The minimum atomic E-state index is -0.216. The molecule has 0 radical (unpaired) electrons. The van der Waals surface area contributed by atoms with Crippen LogP contribution < -0.4 is 16.0 Å². The maximum absolute atomic E-state index is 11.4. The molecule has 1 amide bonds. The van der Waals surface area contributed by atoms with Gasteiger partial charge in [0.2, 0.25) is 0 Å². The van der Waals surface area contributed by atoms with Crippen LogP contribution in [-0.2, 0) is 0 Å². The van der Waals surface area contributed by atoms with Crippen molar-refractivity contribution in [1.29, 1.82) is 0 Å². The van der Waals surface area contributed by atoms with Gasteiger partial charge >= 0.3 is 0 Å². The lowest BCUT2D eigenvalue weighted by Gasteiger charge is -2.40. The monoisotopic (exact) mass is 295 g/mol. The second-order valence-corrected chi connectivity index (χ2v) is 6.21. The maximum atomic E-state index is 11.4. The molecule has 110 valence electrons. The molecule has 3 N–H and O–H groups in total. The molecular formula is C13H21N5OS. The van der Waals surface area contributed by atoms with Crippen molar-refractivity contribution in [2.24, 2.45) is 5.73 Å². The van der Waals surface area contributed by atoms with Gasteiger partial charge in [0.1, 0.15) is 0 Å². The molecule has 1 aliphatic rings. The van der Waals surface area contributed by atoms with Crippen LogP contribution >= 0.6 is 11.8 Å². The number of anilines is 1. The topological polar surface area (TPSA) is 84.1 Å². The van der Waals surface area contributed by atoms with Gasteiger partial charge in [0, 0.05) is 31.4 Å². The maximum Gasteiger partial charge on any atom is 0.271 e. The van der Waals surface area contributed by atoms with Crippen molar-refractivity contribution in [1.82, 2.24) is 15.5 Å². The molecule has 1 aromatic heterocycles. The van der Waals surface area contributed by atoms with Crippen LogP contribution in [0.2, 0.25) is 0 Å². The van der Waals surface area contributed by atoms with E-state index < -0.39 is 0 Å². The number of aromatic nitrogens is 2. The summed E-state index contributed by atoms with van der Waals surface area (Å²) in [5, 5.41) is 10.7. The van der Waals surface area contributed by atoms with E-state index in [0.717, 1.165) is 31.7 Å². The third-order valence-electron chi connectivity index (χ3n) is 3.91. The largest absolute Gasteiger partial charge is 0.355 e. The fourth-order valence-electron chi connectivity index (χ4n) is 2.38. The van der Waals surface area contributed by atoms with E-state index >= 15 is 0 Å². The molecule has 0 saturated carbocycles. The highest BCUT2D eigenvalue weighted by Crippen LogP contribution is 2.34. The highest BCUT2D eigenvalue weighted by molar-refractivity contribution is 8.00. The Bertz CT molecular complexity index is 450. The lowest BCUT2D eigenvalue weighted by molar-refractivity contribution is 0.0957. The first kappa shape index (κ1) is 15.1. The van der Waals surface area contributed by atoms with E-state index in [0.29, 0.717) is 12.2 Å².